The zero-order valence-electron chi connectivity index (χ0n) is 38.2. The zero-order chi connectivity index (χ0) is 47.7. The zero-order valence-corrected chi connectivity index (χ0v) is 38.2. The van der Waals surface area contributed by atoms with Crippen LogP contribution in [0.15, 0.2) is 115 Å². The molecule has 1 aromatic heterocycles. The first-order chi connectivity index (χ1) is 32.4. The van der Waals surface area contributed by atoms with Crippen molar-refractivity contribution in [1.82, 2.24) is 14.8 Å². The number of benzene rings is 4. The Labute approximate surface area is 391 Å². The first-order valence-electron chi connectivity index (χ1n) is 22.7. The molecule has 5 aromatic rings. The van der Waals surface area contributed by atoms with Crippen LogP contribution in [0.2, 0.25) is 0 Å². The summed E-state index contributed by atoms with van der Waals surface area (Å²) in [7, 11) is 1.73. The number of cyclic esters (lactones) is 1. The van der Waals surface area contributed by atoms with Gasteiger partial charge in [0.1, 0.15) is 12.4 Å². The van der Waals surface area contributed by atoms with Crippen molar-refractivity contribution >= 4 is 52.9 Å². The smallest absolute Gasteiger partial charge is 0.415 e. The number of carbonyl (C=O) groups is 6. The summed E-state index contributed by atoms with van der Waals surface area (Å²) in [5, 5.41) is 14.9. The minimum atomic E-state index is -0.973. The van der Waals surface area contributed by atoms with Gasteiger partial charge in [-0.05, 0) is 103 Å². The monoisotopic (exact) mass is 910 g/mol. The second kappa shape index (κ2) is 24.2. The maximum atomic E-state index is 14.0. The van der Waals surface area contributed by atoms with Gasteiger partial charge < -0.3 is 30.1 Å². The largest absolute Gasteiger partial charge is 0.478 e. The fraction of sp³-hybridized carbons (Fsp3) is 0.327. The van der Waals surface area contributed by atoms with E-state index >= 15 is 0 Å². The normalized spacial score (nSPS) is 12.4. The summed E-state index contributed by atoms with van der Waals surface area (Å²) in [6, 6.07) is 34.0. The fourth-order valence-corrected chi connectivity index (χ4v) is 7.73. The van der Waals surface area contributed by atoms with E-state index < -0.39 is 29.8 Å². The molecule has 6 rings (SSSR count). The quantitative estimate of drug-likeness (QED) is 0.0566. The number of likely N-dealkylation sites (N-methyl/N-ethyl adjacent to an activating group) is 1. The molecule has 0 unspecified atom stereocenters. The SMILES string of the molecule is CCC(CC)N(CCN(C)C(=O)CCC(=O)OCc1ccccc1)Cc1cccc(C(=O)Nc2ccc(N3CCCOC3=O)nc2C(=O)Nc2ccc(CCc3ccc(C(=O)O)cc3)cc2)c1. The molecule has 15 heteroatoms. The number of rotatable bonds is 22. The van der Waals surface area contributed by atoms with Gasteiger partial charge in [-0.15, -0.1) is 0 Å². The van der Waals surface area contributed by atoms with Crippen molar-refractivity contribution < 1.29 is 43.3 Å². The molecule has 0 saturated carbocycles. The third kappa shape index (κ3) is 14.3. The molecule has 1 saturated heterocycles. The molecule has 1 fully saturated rings. The first kappa shape index (κ1) is 49.1. The minimum Gasteiger partial charge on any atom is -0.478 e. The van der Waals surface area contributed by atoms with Crippen molar-refractivity contribution in [1.29, 1.82) is 0 Å². The van der Waals surface area contributed by atoms with E-state index in [0.29, 0.717) is 56.7 Å². The predicted octanol–water partition coefficient (Wildman–Crippen LogP) is 8.39. The lowest BCUT2D eigenvalue weighted by Gasteiger charge is -2.32. The van der Waals surface area contributed by atoms with Gasteiger partial charge in [0.2, 0.25) is 5.91 Å². The van der Waals surface area contributed by atoms with Gasteiger partial charge in [-0.3, -0.25) is 29.0 Å². The third-order valence-corrected chi connectivity index (χ3v) is 11.7. The van der Waals surface area contributed by atoms with E-state index in [1.807, 2.05) is 48.5 Å². The summed E-state index contributed by atoms with van der Waals surface area (Å²) in [4.78, 5) is 87.0. The number of nitrogens with one attached hydrogen (secondary N) is 2. The second-order valence-corrected chi connectivity index (χ2v) is 16.4. The summed E-state index contributed by atoms with van der Waals surface area (Å²) in [5.41, 5.74) is 4.89. The number of pyridine rings is 1. The molecule has 15 nitrogen and oxygen atoms in total. The van der Waals surface area contributed by atoms with Crippen molar-refractivity contribution in [3.05, 3.63) is 154 Å². The number of carboxylic acid groups (broad SMARTS) is 1. The summed E-state index contributed by atoms with van der Waals surface area (Å²) >= 11 is 0. The third-order valence-electron chi connectivity index (χ3n) is 11.7. The Morgan fingerprint density at radius 2 is 1.45 bits per heavy atom. The molecule has 4 amide bonds. The Balaban J connectivity index is 1.10. The average Bonchev–Trinajstić information content (AvgIpc) is 3.35. The van der Waals surface area contributed by atoms with Crippen LogP contribution in [0.1, 0.15) is 99.4 Å². The number of aromatic carboxylic acids is 1. The van der Waals surface area contributed by atoms with Crippen LogP contribution in [0, 0.1) is 0 Å². The number of hydrogen-bond acceptors (Lipinski definition) is 10. The summed E-state index contributed by atoms with van der Waals surface area (Å²) in [6.45, 7) is 6.54. The summed E-state index contributed by atoms with van der Waals surface area (Å²) < 4.78 is 10.6. The molecule has 3 N–H and O–H groups in total. The Morgan fingerprint density at radius 1 is 0.761 bits per heavy atom. The van der Waals surface area contributed by atoms with Crippen LogP contribution in [0.3, 0.4) is 0 Å². The van der Waals surface area contributed by atoms with Crippen molar-refractivity contribution in [3.8, 4) is 0 Å². The van der Waals surface area contributed by atoms with Gasteiger partial charge in [0.05, 0.1) is 24.3 Å². The fourth-order valence-electron chi connectivity index (χ4n) is 7.73. The van der Waals surface area contributed by atoms with Crippen LogP contribution in [0.25, 0.3) is 0 Å². The number of nitrogens with zero attached hydrogens (tertiary/aromatic N) is 4. The molecule has 0 radical (unpaired) electrons. The Bertz CT molecular complexity index is 2490. The average molecular weight is 911 g/mol. The van der Waals surface area contributed by atoms with E-state index in [1.54, 1.807) is 78.7 Å². The van der Waals surface area contributed by atoms with Crippen LogP contribution in [0.4, 0.5) is 22.0 Å². The maximum absolute atomic E-state index is 14.0. The van der Waals surface area contributed by atoms with E-state index in [2.05, 4.69) is 34.4 Å². The van der Waals surface area contributed by atoms with Gasteiger partial charge in [-0.2, -0.15) is 0 Å². The van der Waals surface area contributed by atoms with E-state index in [0.717, 1.165) is 35.1 Å². The van der Waals surface area contributed by atoms with Gasteiger partial charge >= 0.3 is 18.0 Å². The van der Waals surface area contributed by atoms with Crippen molar-refractivity contribution in [3.63, 3.8) is 0 Å². The lowest BCUT2D eigenvalue weighted by Crippen LogP contribution is -2.41. The maximum Gasteiger partial charge on any atom is 0.415 e. The number of aromatic nitrogens is 1. The highest BCUT2D eigenvalue weighted by atomic mass is 16.6. The van der Waals surface area contributed by atoms with E-state index in [4.69, 9.17) is 9.47 Å². The van der Waals surface area contributed by atoms with Crippen LogP contribution < -0.4 is 15.5 Å². The highest BCUT2D eigenvalue weighted by Gasteiger charge is 2.26. The number of anilines is 3. The molecule has 1 aliphatic rings. The molecule has 0 aliphatic carbocycles. The Hall–Kier alpha value is -7.39. The number of carboxylic acids is 1. The molecule has 0 atom stereocenters. The van der Waals surface area contributed by atoms with Crippen molar-refractivity contribution in [2.75, 3.05) is 48.8 Å². The molecule has 2 heterocycles. The molecule has 1 aliphatic heterocycles. The van der Waals surface area contributed by atoms with Crippen LogP contribution in [-0.2, 0) is 45.1 Å². The van der Waals surface area contributed by atoms with Gasteiger partial charge in [-0.1, -0.05) is 80.6 Å². The molecule has 4 aromatic carbocycles. The number of aryl methyl sites for hydroxylation is 2. The standard InChI is InChI=1S/C52H58N6O9/c1-4-43(5-2)57(31-30-56(3)46(59)27-28-47(60)67-35-38-11-7-6-8-12-38)34-39-13-9-14-41(33-39)49(61)54-44-25-26-45(58-29-10-32-66-52(58)65)55-48(44)50(62)53-42-23-19-37(20-24-42)16-15-36-17-21-40(22-18-36)51(63)64/h6-9,11-14,17-26,33,43H,4-5,10,15-16,27-32,34-35H2,1-3H3,(H,53,62)(H,54,61)(H,63,64). The van der Waals surface area contributed by atoms with Gasteiger partial charge in [0, 0.05) is 56.9 Å². The number of amides is 4. The van der Waals surface area contributed by atoms with Gasteiger partial charge in [0.15, 0.2) is 5.69 Å². The molecule has 0 spiro atoms. The number of carbonyl (C=O) groups excluding carboxylic acids is 5. The van der Waals surface area contributed by atoms with Crippen LogP contribution in [-0.4, -0.2) is 95.0 Å². The molecule has 350 valence electrons. The summed E-state index contributed by atoms with van der Waals surface area (Å²) in [6.07, 6.45) is 3.18. The number of esters is 1. The highest BCUT2D eigenvalue weighted by molar-refractivity contribution is 6.12. The molecule has 67 heavy (non-hydrogen) atoms. The van der Waals surface area contributed by atoms with Crippen molar-refractivity contribution in [2.24, 2.45) is 0 Å². The van der Waals surface area contributed by atoms with Crippen molar-refractivity contribution in [2.45, 2.75) is 78.0 Å². The molecule has 0 bridgehead atoms. The minimum absolute atomic E-state index is 0.00740. The number of hydrogen-bond donors (Lipinski definition) is 3. The predicted molar refractivity (Wildman–Crippen MR) is 255 cm³/mol. The van der Waals surface area contributed by atoms with E-state index in [9.17, 15) is 33.9 Å². The lowest BCUT2D eigenvalue weighted by molar-refractivity contribution is -0.147. The molecular formula is C52H58N6O9. The Kier molecular flexibility index (Phi) is 17.7. The molecular weight excluding hydrogens is 853 g/mol. The van der Waals surface area contributed by atoms with E-state index in [-0.39, 0.29) is 60.8 Å². The highest BCUT2D eigenvalue weighted by Crippen LogP contribution is 2.25. The number of ether oxygens (including phenoxy) is 2. The second-order valence-electron chi connectivity index (χ2n) is 16.4. The summed E-state index contributed by atoms with van der Waals surface area (Å²) in [5.74, 6) is -2.42. The lowest BCUT2D eigenvalue weighted by atomic mass is 10.0. The van der Waals surface area contributed by atoms with Gasteiger partial charge in [-0.25, -0.2) is 14.6 Å². The first-order valence-corrected chi connectivity index (χ1v) is 22.7. The Morgan fingerprint density at radius 3 is 2.12 bits per heavy atom. The van der Waals surface area contributed by atoms with Crippen LogP contribution in [0.5, 0.6) is 0 Å². The topological polar surface area (TPSA) is 188 Å². The van der Waals surface area contributed by atoms with E-state index in [1.165, 1.54) is 4.90 Å². The van der Waals surface area contributed by atoms with Gasteiger partial charge in [0.25, 0.3) is 11.8 Å². The van der Waals surface area contributed by atoms with Crippen LogP contribution >= 0.6 is 0 Å².